The first kappa shape index (κ1) is 15.1. The number of thioether (sulfide) groups is 1. The van der Waals surface area contributed by atoms with Gasteiger partial charge in [0.2, 0.25) is 0 Å². The molecule has 0 aliphatic carbocycles. The summed E-state index contributed by atoms with van der Waals surface area (Å²) < 4.78 is 0. The molecule has 0 aliphatic heterocycles. The Morgan fingerprint density at radius 2 is 2.25 bits per heavy atom. The van der Waals surface area contributed by atoms with Crippen molar-refractivity contribution < 1.29 is 0 Å². The van der Waals surface area contributed by atoms with E-state index in [1.807, 2.05) is 12.3 Å². The lowest BCUT2D eigenvalue weighted by atomic mass is 10.3. The lowest BCUT2D eigenvalue weighted by Crippen LogP contribution is -2.31. The Kier molecular flexibility index (Phi) is 5.22. The molecule has 2 rings (SSSR count). The zero-order valence-corrected chi connectivity index (χ0v) is 13.5. The van der Waals surface area contributed by atoms with Crippen LogP contribution in [-0.2, 0) is 6.54 Å². The molecule has 0 aliphatic rings. The third kappa shape index (κ3) is 3.62. The molecular weight excluding hydrogens is 290 g/mol. The number of hydrazine groups is 1. The lowest BCUT2D eigenvalue weighted by molar-refractivity contribution is 0.670. The van der Waals surface area contributed by atoms with E-state index in [2.05, 4.69) is 51.7 Å². The molecule has 0 atom stereocenters. The van der Waals surface area contributed by atoms with Crippen molar-refractivity contribution >= 4 is 34.7 Å². The first-order valence-electron chi connectivity index (χ1n) is 6.32. The second-order valence-electron chi connectivity index (χ2n) is 4.54. The Bertz CT molecular complexity index is 519. The Labute approximate surface area is 127 Å². The molecule has 0 bridgehead atoms. The van der Waals surface area contributed by atoms with Gasteiger partial charge in [0.05, 0.1) is 6.54 Å². The normalized spacial score (nSPS) is 10.8. The van der Waals surface area contributed by atoms with Gasteiger partial charge in [-0.3, -0.25) is 0 Å². The van der Waals surface area contributed by atoms with Crippen molar-refractivity contribution in [1.82, 2.24) is 9.97 Å². The fourth-order valence-corrected chi connectivity index (χ4v) is 2.90. The van der Waals surface area contributed by atoms with Crippen LogP contribution in [-0.4, -0.2) is 22.3 Å². The van der Waals surface area contributed by atoms with Crippen LogP contribution < -0.4 is 16.2 Å². The van der Waals surface area contributed by atoms with E-state index in [4.69, 9.17) is 5.84 Å². The van der Waals surface area contributed by atoms with Crippen LogP contribution in [0.15, 0.2) is 28.7 Å². The largest absolute Gasteiger partial charge is 0.349 e. The molecule has 108 valence electrons. The van der Waals surface area contributed by atoms with Gasteiger partial charge in [-0.2, -0.15) is 0 Å². The monoisotopic (exact) mass is 309 g/mol. The highest BCUT2D eigenvalue weighted by molar-refractivity contribution is 7.98. The molecule has 0 saturated carbocycles. The van der Waals surface area contributed by atoms with E-state index >= 15 is 0 Å². The van der Waals surface area contributed by atoms with Crippen LogP contribution in [0.2, 0.25) is 0 Å². The third-order valence-electron chi connectivity index (χ3n) is 2.85. The number of hydrogen-bond acceptors (Lipinski definition) is 7. The van der Waals surface area contributed by atoms with Gasteiger partial charge < -0.3 is 10.3 Å². The minimum Gasteiger partial charge on any atom is -0.349 e. The quantitative estimate of drug-likeness (QED) is 0.370. The van der Waals surface area contributed by atoms with Crippen LogP contribution >= 0.6 is 23.1 Å². The Morgan fingerprint density at radius 3 is 2.80 bits per heavy atom. The summed E-state index contributed by atoms with van der Waals surface area (Å²) in [6.45, 7) is 5.15. The van der Waals surface area contributed by atoms with Crippen LogP contribution in [0, 0.1) is 0 Å². The number of nitrogens with one attached hydrogen (secondary N) is 1. The summed E-state index contributed by atoms with van der Waals surface area (Å²) in [6, 6.07) is 6.43. The van der Waals surface area contributed by atoms with E-state index < -0.39 is 0 Å². The molecule has 0 unspecified atom stereocenters. The third-order valence-corrected chi connectivity index (χ3v) is 4.26. The molecule has 3 N–H and O–H groups in total. The van der Waals surface area contributed by atoms with Gasteiger partial charge in [0.15, 0.2) is 5.16 Å². The van der Waals surface area contributed by atoms with Gasteiger partial charge in [-0.15, -0.1) is 11.3 Å². The van der Waals surface area contributed by atoms with Crippen LogP contribution in [0.3, 0.4) is 0 Å². The first-order chi connectivity index (χ1) is 9.63. The van der Waals surface area contributed by atoms with Crippen molar-refractivity contribution in [2.24, 2.45) is 5.84 Å². The molecule has 20 heavy (non-hydrogen) atoms. The molecule has 0 aromatic carbocycles. The summed E-state index contributed by atoms with van der Waals surface area (Å²) in [5.41, 5.74) is 2.61. The molecule has 5 nitrogen and oxygen atoms in total. The number of anilines is 2. The maximum atomic E-state index is 5.49. The minimum absolute atomic E-state index is 0.340. The molecule has 0 saturated heterocycles. The number of aromatic nitrogens is 2. The molecule has 0 spiro atoms. The topological polar surface area (TPSA) is 67.1 Å². The molecule has 0 fully saturated rings. The molecule has 0 radical (unpaired) electrons. The van der Waals surface area contributed by atoms with Gasteiger partial charge >= 0.3 is 0 Å². The second kappa shape index (κ2) is 6.92. The van der Waals surface area contributed by atoms with Gasteiger partial charge in [0.1, 0.15) is 11.6 Å². The average Bonchev–Trinajstić information content (AvgIpc) is 2.96. The molecular formula is C13H19N5S2. The molecule has 7 heteroatoms. The molecule has 0 amide bonds. The first-order valence-corrected chi connectivity index (χ1v) is 8.43. The summed E-state index contributed by atoms with van der Waals surface area (Å²) in [7, 11) is 0. The van der Waals surface area contributed by atoms with Crippen LogP contribution in [0.5, 0.6) is 0 Å². The smallest absolute Gasteiger partial charge is 0.191 e. The van der Waals surface area contributed by atoms with E-state index in [0.717, 1.165) is 12.4 Å². The van der Waals surface area contributed by atoms with Gasteiger partial charge in [-0.05, 0) is 31.5 Å². The van der Waals surface area contributed by atoms with Gasteiger partial charge in [0.25, 0.3) is 0 Å². The van der Waals surface area contributed by atoms with E-state index in [0.29, 0.717) is 17.0 Å². The lowest BCUT2D eigenvalue weighted by Gasteiger charge is -2.27. The fourth-order valence-electron chi connectivity index (χ4n) is 1.82. The van der Waals surface area contributed by atoms with Crippen molar-refractivity contribution in [2.45, 2.75) is 31.6 Å². The zero-order chi connectivity index (χ0) is 14.5. The Morgan fingerprint density at radius 1 is 1.45 bits per heavy atom. The SMILES string of the molecule is CSc1nc(NN)cc(N(Cc2cccs2)C(C)C)n1. The van der Waals surface area contributed by atoms with Crippen LogP contribution in [0.25, 0.3) is 0 Å². The molecule has 2 aromatic rings. The van der Waals surface area contributed by atoms with Crippen LogP contribution in [0.4, 0.5) is 11.6 Å². The van der Waals surface area contributed by atoms with Crippen molar-refractivity contribution in [2.75, 3.05) is 16.6 Å². The number of thiophene rings is 1. The summed E-state index contributed by atoms with van der Waals surface area (Å²) in [4.78, 5) is 12.4. The average molecular weight is 309 g/mol. The van der Waals surface area contributed by atoms with Crippen molar-refractivity contribution in [3.05, 3.63) is 28.5 Å². The van der Waals surface area contributed by atoms with Crippen molar-refractivity contribution in [3.8, 4) is 0 Å². The molecule has 2 heterocycles. The summed E-state index contributed by atoms with van der Waals surface area (Å²) >= 11 is 3.26. The maximum absolute atomic E-state index is 5.49. The maximum Gasteiger partial charge on any atom is 0.191 e. The summed E-state index contributed by atoms with van der Waals surface area (Å²) in [5, 5.41) is 2.81. The van der Waals surface area contributed by atoms with Gasteiger partial charge in [-0.25, -0.2) is 15.8 Å². The van der Waals surface area contributed by atoms with Crippen LogP contribution in [0.1, 0.15) is 18.7 Å². The van der Waals surface area contributed by atoms with E-state index in [-0.39, 0.29) is 0 Å². The number of nitrogens with zero attached hydrogens (tertiary/aromatic N) is 3. The van der Waals surface area contributed by atoms with E-state index in [9.17, 15) is 0 Å². The number of nitrogens with two attached hydrogens (primary N) is 1. The minimum atomic E-state index is 0.340. The highest BCUT2D eigenvalue weighted by Gasteiger charge is 2.15. The predicted molar refractivity (Wildman–Crippen MR) is 87.3 cm³/mol. The standard InChI is InChI=1S/C13H19N5S2/c1-9(2)18(8-10-5-4-6-20-10)12-7-11(17-14)15-13(16-12)19-3/h4-7,9H,8,14H2,1-3H3,(H,15,16,17). The summed E-state index contributed by atoms with van der Waals surface area (Å²) in [6.07, 6.45) is 1.96. The summed E-state index contributed by atoms with van der Waals surface area (Å²) in [5.74, 6) is 7.01. The highest BCUT2D eigenvalue weighted by atomic mass is 32.2. The van der Waals surface area contributed by atoms with Crippen molar-refractivity contribution in [1.29, 1.82) is 0 Å². The van der Waals surface area contributed by atoms with Gasteiger partial charge in [0, 0.05) is 17.0 Å². The number of hydrogen-bond donors (Lipinski definition) is 2. The fraction of sp³-hybridized carbons (Fsp3) is 0.385. The van der Waals surface area contributed by atoms with E-state index in [1.54, 1.807) is 11.3 Å². The number of nitrogen functional groups attached to an aromatic ring is 1. The Balaban J connectivity index is 2.33. The number of rotatable bonds is 6. The predicted octanol–water partition coefficient (Wildman–Crippen LogP) is 2.96. The van der Waals surface area contributed by atoms with Crippen molar-refractivity contribution in [3.63, 3.8) is 0 Å². The van der Waals surface area contributed by atoms with Gasteiger partial charge in [-0.1, -0.05) is 17.8 Å². The molecule has 2 aromatic heterocycles. The highest BCUT2D eigenvalue weighted by Crippen LogP contribution is 2.24. The van der Waals surface area contributed by atoms with E-state index in [1.165, 1.54) is 16.6 Å². The zero-order valence-electron chi connectivity index (χ0n) is 11.8. The Hall–Kier alpha value is -1.31. The second-order valence-corrected chi connectivity index (χ2v) is 6.35.